The van der Waals surface area contributed by atoms with Crippen molar-refractivity contribution in [2.75, 3.05) is 6.54 Å². The molecule has 1 nitrogen and oxygen atoms in total. The minimum absolute atomic E-state index is 0.273. The molecule has 0 amide bonds. The summed E-state index contributed by atoms with van der Waals surface area (Å²) in [5.41, 5.74) is 0.743. The number of unbranched alkanes of at least 4 members (excludes halogenated alkanes) is 1. The van der Waals surface area contributed by atoms with Crippen molar-refractivity contribution in [2.45, 2.75) is 73.3 Å². The third-order valence-corrected chi connectivity index (χ3v) is 3.20. The number of nitrogens with one attached hydrogen (secondary N) is 1. The maximum Gasteiger partial charge on any atom is 0.00965 e. The molecule has 0 unspecified atom stereocenters. The Morgan fingerprint density at radius 3 is 1.87 bits per heavy atom. The van der Waals surface area contributed by atoms with Gasteiger partial charge in [0.15, 0.2) is 0 Å². The van der Waals surface area contributed by atoms with Gasteiger partial charge >= 0.3 is 0 Å². The van der Waals surface area contributed by atoms with Crippen LogP contribution in [0.1, 0.15) is 67.7 Å². The van der Waals surface area contributed by atoms with Crippen molar-refractivity contribution in [1.29, 1.82) is 0 Å². The van der Waals surface area contributed by atoms with Crippen molar-refractivity contribution in [3.8, 4) is 0 Å². The molecular weight excluding hydrogens is 182 g/mol. The van der Waals surface area contributed by atoms with Crippen molar-refractivity contribution in [3.05, 3.63) is 0 Å². The predicted molar refractivity (Wildman–Crippen MR) is 70.2 cm³/mol. The number of hydrogen-bond acceptors (Lipinski definition) is 1. The van der Waals surface area contributed by atoms with Crippen LogP contribution in [0.2, 0.25) is 0 Å². The van der Waals surface area contributed by atoms with E-state index in [1.807, 2.05) is 0 Å². The Morgan fingerprint density at radius 1 is 0.933 bits per heavy atom. The maximum atomic E-state index is 3.53. The van der Waals surface area contributed by atoms with Gasteiger partial charge < -0.3 is 5.32 Å². The summed E-state index contributed by atoms with van der Waals surface area (Å²) in [4.78, 5) is 0. The molecule has 92 valence electrons. The highest BCUT2D eigenvalue weighted by Gasteiger charge is 2.19. The molecule has 0 heterocycles. The van der Waals surface area contributed by atoms with Crippen LogP contribution in [0.4, 0.5) is 0 Å². The Morgan fingerprint density at radius 2 is 1.47 bits per heavy atom. The van der Waals surface area contributed by atoms with E-state index in [4.69, 9.17) is 0 Å². The largest absolute Gasteiger partial charge is 0.312 e. The van der Waals surface area contributed by atoms with E-state index in [0.717, 1.165) is 12.5 Å². The van der Waals surface area contributed by atoms with Gasteiger partial charge in [-0.25, -0.2) is 0 Å². The molecule has 0 aliphatic carbocycles. The lowest BCUT2D eigenvalue weighted by atomic mass is 9.79. The van der Waals surface area contributed by atoms with Crippen LogP contribution in [0.15, 0.2) is 0 Å². The van der Waals surface area contributed by atoms with Gasteiger partial charge in [-0.05, 0) is 45.1 Å². The van der Waals surface area contributed by atoms with Crippen molar-refractivity contribution >= 4 is 0 Å². The van der Waals surface area contributed by atoms with Gasteiger partial charge in [-0.15, -0.1) is 0 Å². The van der Waals surface area contributed by atoms with Crippen LogP contribution < -0.4 is 5.32 Å². The lowest BCUT2D eigenvalue weighted by Crippen LogP contribution is -2.36. The standard InChI is InChI=1S/C14H31N/c1-12(13(2,3)4)10-8-9-11-15-14(5,6)7/h12,15H,8-11H2,1-7H3/t12-/m0/s1. The van der Waals surface area contributed by atoms with Crippen LogP contribution >= 0.6 is 0 Å². The minimum Gasteiger partial charge on any atom is -0.312 e. The van der Waals surface area contributed by atoms with E-state index in [1.54, 1.807) is 0 Å². The molecule has 0 fully saturated rings. The first-order valence-corrected chi connectivity index (χ1v) is 6.38. The zero-order valence-corrected chi connectivity index (χ0v) is 11.9. The summed E-state index contributed by atoms with van der Waals surface area (Å²) in [6.07, 6.45) is 4.01. The summed E-state index contributed by atoms with van der Waals surface area (Å²) >= 11 is 0. The molecule has 1 atom stereocenters. The van der Waals surface area contributed by atoms with Gasteiger partial charge in [0.1, 0.15) is 0 Å². The zero-order chi connectivity index (χ0) is 12.1. The van der Waals surface area contributed by atoms with E-state index in [1.165, 1.54) is 19.3 Å². The van der Waals surface area contributed by atoms with Crippen molar-refractivity contribution in [1.82, 2.24) is 5.32 Å². The van der Waals surface area contributed by atoms with Crippen LogP contribution in [-0.4, -0.2) is 12.1 Å². The third-order valence-electron chi connectivity index (χ3n) is 3.20. The van der Waals surface area contributed by atoms with Crippen LogP contribution in [0.25, 0.3) is 0 Å². The molecule has 0 rings (SSSR count). The molecule has 0 aromatic rings. The molecule has 0 bridgehead atoms. The second-order valence-electron chi connectivity index (χ2n) is 6.94. The molecule has 0 aliphatic heterocycles. The van der Waals surface area contributed by atoms with Crippen molar-refractivity contribution in [3.63, 3.8) is 0 Å². The highest BCUT2D eigenvalue weighted by Crippen LogP contribution is 2.29. The quantitative estimate of drug-likeness (QED) is 0.674. The fraction of sp³-hybridized carbons (Fsp3) is 1.00. The third kappa shape index (κ3) is 8.92. The van der Waals surface area contributed by atoms with Crippen molar-refractivity contribution in [2.24, 2.45) is 11.3 Å². The van der Waals surface area contributed by atoms with Crippen LogP contribution in [0.3, 0.4) is 0 Å². The average molecular weight is 213 g/mol. The Balaban J connectivity index is 3.48. The van der Waals surface area contributed by atoms with E-state index in [9.17, 15) is 0 Å². The summed E-state index contributed by atoms with van der Waals surface area (Å²) in [6.45, 7) is 17.2. The highest BCUT2D eigenvalue weighted by molar-refractivity contribution is 4.72. The van der Waals surface area contributed by atoms with E-state index in [0.29, 0.717) is 5.41 Å². The zero-order valence-electron chi connectivity index (χ0n) is 11.9. The minimum atomic E-state index is 0.273. The van der Waals surface area contributed by atoms with Gasteiger partial charge in [0, 0.05) is 5.54 Å². The van der Waals surface area contributed by atoms with Gasteiger partial charge in [-0.2, -0.15) is 0 Å². The lowest BCUT2D eigenvalue weighted by Gasteiger charge is -2.27. The molecule has 0 aliphatic rings. The molecule has 1 N–H and O–H groups in total. The summed E-state index contributed by atoms with van der Waals surface area (Å²) in [6, 6.07) is 0. The van der Waals surface area contributed by atoms with Crippen molar-refractivity contribution < 1.29 is 0 Å². The summed E-state index contributed by atoms with van der Waals surface area (Å²) < 4.78 is 0. The summed E-state index contributed by atoms with van der Waals surface area (Å²) in [5.74, 6) is 0.826. The van der Waals surface area contributed by atoms with Gasteiger partial charge in [-0.3, -0.25) is 0 Å². The van der Waals surface area contributed by atoms with E-state index in [2.05, 4.69) is 53.8 Å². The van der Waals surface area contributed by atoms with Gasteiger partial charge in [-0.1, -0.05) is 40.5 Å². The Hall–Kier alpha value is -0.0400. The average Bonchev–Trinajstić information content (AvgIpc) is 1.99. The first kappa shape index (κ1) is 15.0. The van der Waals surface area contributed by atoms with E-state index < -0.39 is 0 Å². The molecule has 0 saturated heterocycles. The fourth-order valence-corrected chi connectivity index (χ4v) is 1.47. The van der Waals surface area contributed by atoms with Crippen LogP contribution in [0, 0.1) is 11.3 Å². The SMILES string of the molecule is C[C@@H](CCCCNC(C)(C)C)C(C)(C)C. The molecule has 0 saturated carbocycles. The molecule has 1 heteroatoms. The van der Waals surface area contributed by atoms with Crippen LogP contribution in [0.5, 0.6) is 0 Å². The monoisotopic (exact) mass is 213 g/mol. The fourth-order valence-electron chi connectivity index (χ4n) is 1.47. The molecular formula is C14H31N. The Bertz CT molecular complexity index is 159. The first-order valence-electron chi connectivity index (χ1n) is 6.38. The highest BCUT2D eigenvalue weighted by atomic mass is 14.9. The lowest BCUT2D eigenvalue weighted by molar-refractivity contribution is 0.240. The molecule has 0 aromatic carbocycles. The molecule has 0 radical (unpaired) electrons. The van der Waals surface area contributed by atoms with E-state index >= 15 is 0 Å². The normalized spacial score (nSPS) is 15.4. The van der Waals surface area contributed by atoms with Gasteiger partial charge in [0.2, 0.25) is 0 Å². The van der Waals surface area contributed by atoms with Crippen LogP contribution in [-0.2, 0) is 0 Å². The van der Waals surface area contributed by atoms with Gasteiger partial charge in [0.05, 0.1) is 0 Å². The molecule has 0 spiro atoms. The number of rotatable bonds is 5. The molecule has 15 heavy (non-hydrogen) atoms. The van der Waals surface area contributed by atoms with E-state index in [-0.39, 0.29) is 5.54 Å². The second-order valence-corrected chi connectivity index (χ2v) is 6.94. The smallest absolute Gasteiger partial charge is 0.00965 e. The Labute approximate surface area is 97.0 Å². The number of hydrogen-bond donors (Lipinski definition) is 1. The topological polar surface area (TPSA) is 12.0 Å². The second kappa shape index (κ2) is 5.89. The summed E-state index contributed by atoms with van der Waals surface area (Å²) in [5, 5.41) is 3.53. The summed E-state index contributed by atoms with van der Waals surface area (Å²) in [7, 11) is 0. The molecule has 0 aromatic heterocycles. The maximum absolute atomic E-state index is 3.53. The predicted octanol–water partition coefficient (Wildman–Crippen LogP) is 4.23. The van der Waals surface area contributed by atoms with Gasteiger partial charge in [0.25, 0.3) is 0 Å². The Kier molecular flexibility index (Phi) is 5.87. The first-order chi connectivity index (χ1) is 6.63.